The van der Waals surface area contributed by atoms with Crippen molar-refractivity contribution in [2.24, 2.45) is 0 Å². The highest BCUT2D eigenvalue weighted by molar-refractivity contribution is 5.80. The fourth-order valence-electron chi connectivity index (χ4n) is 2.11. The minimum Gasteiger partial charge on any atom is -0.480 e. The van der Waals surface area contributed by atoms with E-state index in [1.54, 1.807) is 6.92 Å². The molecule has 1 fully saturated rings. The molecule has 0 aliphatic carbocycles. The van der Waals surface area contributed by atoms with Crippen LogP contribution in [0.25, 0.3) is 0 Å². The molecule has 0 unspecified atom stereocenters. The van der Waals surface area contributed by atoms with Gasteiger partial charge in [0.25, 0.3) is 0 Å². The largest absolute Gasteiger partial charge is 0.480 e. The zero-order valence-electron chi connectivity index (χ0n) is 11.2. The molecule has 0 spiro atoms. The molecule has 0 saturated carbocycles. The summed E-state index contributed by atoms with van der Waals surface area (Å²) >= 11 is 0. The van der Waals surface area contributed by atoms with E-state index in [2.05, 4.69) is 0 Å². The number of benzene rings is 1. The normalized spacial score (nSPS) is 22.4. The minimum absolute atomic E-state index is 0.0138. The van der Waals surface area contributed by atoms with Gasteiger partial charge in [0.1, 0.15) is 6.61 Å². The smallest absolute Gasteiger partial charge is 0.411 e. The highest BCUT2D eigenvalue weighted by atomic mass is 16.6. The third-order valence-electron chi connectivity index (χ3n) is 3.15. The van der Waals surface area contributed by atoms with Gasteiger partial charge >= 0.3 is 12.1 Å². The van der Waals surface area contributed by atoms with Gasteiger partial charge in [-0.25, -0.2) is 9.59 Å². The van der Waals surface area contributed by atoms with E-state index in [0.29, 0.717) is 6.61 Å². The van der Waals surface area contributed by atoms with Crippen molar-refractivity contribution in [1.82, 2.24) is 4.90 Å². The maximum atomic E-state index is 12.1. The topological polar surface area (TPSA) is 76.1 Å². The van der Waals surface area contributed by atoms with Gasteiger partial charge in [0.05, 0.1) is 19.3 Å². The molecule has 1 amide bonds. The van der Waals surface area contributed by atoms with Crippen molar-refractivity contribution in [2.75, 3.05) is 13.2 Å². The Morgan fingerprint density at radius 1 is 1.35 bits per heavy atom. The Labute approximate surface area is 116 Å². The van der Waals surface area contributed by atoms with E-state index in [1.807, 2.05) is 30.3 Å². The van der Waals surface area contributed by atoms with Crippen molar-refractivity contribution in [3.63, 3.8) is 0 Å². The van der Waals surface area contributed by atoms with Crippen molar-refractivity contribution >= 4 is 12.1 Å². The van der Waals surface area contributed by atoms with Gasteiger partial charge in [-0.1, -0.05) is 30.3 Å². The van der Waals surface area contributed by atoms with Crippen molar-refractivity contribution < 1.29 is 24.2 Å². The Hall–Kier alpha value is -2.08. The van der Waals surface area contributed by atoms with Crippen LogP contribution in [0.15, 0.2) is 30.3 Å². The standard InChI is InChI=1S/C14H17NO5/c1-10-7-19-9-12(13(16)17)15(10)14(18)20-8-11-5-3-2-4-6-11/h2-6,10,12H,7-9H2,1H3,(H,16,17)/t10-,12-/m1/s1. The Kier molecular flexibility index (Phi) is 4.57. The molecule has 2 atom stereocenters. The van der Waals surface area contributed by atoms with Crippen molar-refractivity contribution in [3.05, 3.63) is 35.9 Å². The number of ether oxygens (including phenoxy) is 2. The average molecular weight is 279 g/mol. The zero-order chi connectivity index (χ0) is 14.5. The molecule has 1 heterocycles. The molecule has 6 heteroatoms. The van der Waals surface area contributed by atoms with Crippen LogP contribution in [0.1, 0.15) is 12.5 Å². The molecule has 0 radical (unpaired) electrons. The van der Waals surface area contributed by atoms with Gasteiger partial charge in [-0.05, 0) is 12.5 Å². The number of carbonyl (C=O) groups excluding carboxylic acids is 1. The first-order valence-electron chi connectivity index (χ1n) is 6.39. The molecular weight excluding hydrogens is 262 g/mol. The van der Waals surface area contributed by atoms with Crippen LogP contribution < -0.4 is 0 Å². The number of amides is 1. The molecule has 1 N–H and O–H groups in total. The molecule has 1 aliphatic heterocycles. The van der Waals surface area contributed by atoms with Crippen LogP contribution in [-0.4, -0.2) is 47.4 Å². The Bertz CT molecular complexity index is 476. The number of rotatable bonds is 3. The lowest BCUT2D eigenvalue weighted by Gasteiger charge is -2.37. The van der Waals surface area contributed by atoms with Gasteiger partial charge in [0, 0.05) is 0 Å². The molecule has 1 saturated heterocycles. The number of hydrogen-bond donors (Lipinski definition) is 1. The first kappa shape index (κ1) is 14.3. The summed E-state index contributed by atoms with van der Waals surface area (Å²) in [7, 11) is 0. The third kappa shape index (κ3) is 3.27. The summed E-state index contributed by atoms with van der Waals surface area (Å²) in [4.78, 5) is 24.5. The van der Waals surface area contributed by atoms with E-state index >= 15 is 0 Å². The summed E-state index contributed by atoms with van der Waals surface area (Å²) in [6, 6.07) is 7.92. The number of carboxylic acid groups (broad SMARTS) is 1. The average Bonchev–Trinajstić information content (AvgIpc) is 2.45. The van der Waals surface area contributed by atoms with Gasteiger partial charge in [0.15, 0.2) is 6.04 Å². The lowest BCUT2D eigenvalue weighted by atomic mass is 10.1. The van der Waals surface area contributed by atoms with Crippen LogP contribution in [0.5, 0.6) is 0 Å². The van der Waals surface area contributed by atoms with Crippen LogP contribution >= 0.6 is 0 Å². The Morgan fingerprint density at radius 3 is 2.70 bits per heavy atom. The molecule has 2 rings (SSSR count). The molecular formula is C14H17NO5. The monoisotopic (exact) mass is 279 g/mol. The fourth-order valence-corrected chi connectivity index (χ4v) is 2.11. The summed E-state index contributed by atoms with van der Waals surface area (Å²) in [6.45, 7) is 2.15. The number of carbonyl (C=O) groups is 2. The van der Waals surface area contributed by atoms with Gasteiger partial charge in [0.2, 0.25) is 0 Å². The minimum atomic E-state index is -1.09. The summed E-state index contributed by atoms with van der Waals surface area (Å²) in [6.07, 6.45) is -0.628. The van der Waals surface area contributed by atoms with Gasteiger partial charge in [-0.3, -0.25) is 4.90 Å². The first-order valence-corrected chi connectivity index (χ1v) is 6.39. The number of aliphatic carboxylic acids is 1. The van der Waals surface area contributed by atoms with E-state index in [4.69, 9.17) is 14.6 Å². The summed E-state index contributed by atoms with van der Waals surface area (Å²) in [5, 5.41) is 9.13. The Morgan fingerprint density at radius 2 is 2.05 bits per heavy atom. The lowest BCUT2D eigenvalue weighted by Crippen LogP contribution is -2.57. The predicted molar refractivity (Wildman–Crippen MR) is 70.2 cm³/mol. The van der Waals surface area contributed by atoms with Gasteiger partial charge in [-0.15, -0.1) is 0 Å². The molecule has 1 aromatic carbocycles. The lowest BCUT2D eigenvalue weighted by molar-refractivity contribution is -0.151. The van der Waals surface area contributed by atoms with E-state index in [1.165, 1.54) is 4.90 Å². The van der Waals surface area contributed by atoms with Gasteiger partial charge in [-0.2, -0.15) is 0 Å². The second kappa shape index (κ2) is 6.38. The van der Waals surface area contributed by atoms with Crippen LogP contribution in [0.4, 0.5) is 4.79 Å². The highest BCUT2D eigenvalue weighted by Gasteiger charge is 2.38. The number of hydrogen-bond acceptors (Lipinski definition) is 4. The number of nitrogens with zero attached hydrogens (tertiary/aromatic N) is 1. The van der Waals surface area contributed by atoms with Crippen LogP contribution in [0, 0.1) is 0 Å². The van der Waals surface area contributed by atoms with E-state index in [9.17, 15) is 9.59 Å². The molecule has 6 nitrogen and oxygen atoms in total. The second-order valence-corrected chi connectivity index (χ2v) is 4.69. The van der Waals surface area contributed by atoms with E-state index < -0.39 is 18.1 Å². The fraction of sp³-hybridized carbons (Fsp3) is 0.429. The van der Waals surface area contributed by atoms with Crippen molar-refractivity contribution in [1.29, 1.82) is 0 Å². The molecule has 1 aliphatic rings. The maximum absolute atomic E-state index is 12.1. The number of carboxylic acids is 1. The maximum Gasteiger partial charge on any atom is 0.411 e. The van der Waals surface area contributed by atoms with E-state index in [-0.39, 0.29) is 19.3 Å². The summed E-state index contributed by atoms with van der Waals surface area (Å²) < 4.78 is 10.4. The molecule has 108 valence electrons. The van der Waals surface area contributed by atoms with Crippen molar-refractivity contribution in [2.45, 2.75) is 25.6 Å². The molecule has 20 heavy (non-hydrogen) atoms. The zero-order valence-corrected chi connectivity index (χ0v) is 11.2. The van der Waals surface area contributed by atoms with Crippen LogP contribution in [-0.2, 0) is 20.9 Å². The van der Waals surface area contributed by atoms with Crippen molar-refractivity contribution in [3.8, 4) is 0 Å². The van der Waals surface area contributed by atoms with Gasteiger partial charge < -0.3 is 14.6 Å². The third-order valence-corrected chi connectivity index (χ3v) is 3.15. The van der Waals surface area contributed by atoms with E-state index in [0.717, 1.165) is 5.56 Å². The first-order chi connectivity index (χ1) is 9.59. The quantitative estimate of drug-likeness (QED) is 0.907. The summed E-state index contributed by atoms with van der Waals surface area (Å²) in [5.74, 6) is -1.09. The molecule has 0 aromatic heterocycles. The second-order valence-electron chi connectivity index (χ2n) is 4.69. The summed E-state index contributed by atoms with van der Waals surface area (Å²) in [5.41, 5.74) is 0.855. The predicted octanol–water partition coefficient (Wildman–Crippen LogP) is 1.50. The number of morpholine rings is 1. The van der Waals surface area contributed by atoms with Crippen LogP contribution in [0.2, 0.25) is 0 Å². The molecule has 0 bridgehead atoms. The molecule has 1 aromatic rings. The Balaban J connectivity index is 2.00. The van der Waals surface area contributed by atoms with Crippen LogP contribution in [0.3, 0.4) is 0 Å². The highest BCUT2D eigenvalue weighted by Crippen LogP contribution is 2.16. The SMILES string of the molecule is C[C@@H]1COC[C@H](C(=O)O)N1C(=O)OCc1ccccc1.